The molecular weight excluding hydrogens is 472 g/mol. The zero-order chi connectivity index (χ0) is 25.4. The van der Waals surface area contributed by atoms with Crippen molar-refractivity contribution < 1.29 is 23.9 Å². The summed E-state index contributed by atoms with van der Waals surface area (Å²) in [5.41, 5.74) is 2.67. The van der Waals surface area contributed by atoms with Crippen LogP contribution in [0.15, 0.2) is 36.4 Å². The van der Waals surface area contributed by atoms with E-state index in [9.17, 15) is 14.4 Å². The average molecular weight is 505 g/mol. The van der Waals surface area contributed by atoms with Crippen LogP contribution in [0, 0.1) is 0 Å². The molecule has 2 aromatic carbocycles. The third-order valence-electron chi connectivity index (χ3n) is 7.65. The molecule has 4 aliphatic heterocycles. The first-order valence-electron chi connectivity index (χ1n) is 13.3. The van der Waals surface area contributed by atoms with Crippen LogP contribution in [-0.4, -0.2) is 68.1 Å². The maximum Gasteiger partial charge on any atom is 0.253 e. The molecule has 0 spiro atoms. The predicted molar refractivity (Wildman–Crippen MR) is 140 cm³/mol. The minimum atomic E-state index is -0.312. The number of rotatable bonds is 4. The second-order valence-electron chi connectivity index (χ2n) is 10.1. The molecule has 0 aliphatic carbocycles. The van der Waals surface area contributed by atoms with Gasteiger partial charge in [-0.1, -0.05) is 0 Å². The van der Waals surface area contributed by atoms with E-state index in [1.54, 1.807) is 29.2 Å². The van der Waals surface area contributed by atoms with Crippen LogP contribution >= 0.6 is 0 Å². The Morgan fingerprint density at radius 2 is 1.65 bits per heavy atom. The van der Waals surface area contributed by atoms with Crippen molar-refractivity contribution in [3.63, 3.8) is 0 Å². The highest BCUT2D eigenvalue weighted by Crippen LogP contribution is 2.40. The molecule has 0 saturated carbocycles. The van der Waals surface area contributed by atoms with E-state index >= 15 is 0 Å². The minimum Gasteiger partial charge on any atom is -0.486 e. The number of nitrogens with one attached hydrogen (secondary N) is 1. The molecule has 2 saturated heterocycles. The first kappa shape index (κ1) is 23.6. The van der Waals surface area contributed by atoms with Gasteiger partial charge in [0.15, 0.2) is 11.5 Å². The fourth-order valence-corrected chi connectivity index (χ4v) is 5.80. The van der Waals surface area contributed by atoms with Crippen LogP contribution in [0.25, 0.3) is 0 Å². The van der Waals surface area contributed by atoms with Gasteiger partial charge in [0.2, 0.25) is 11.8 Å². The summed E-state index contributed by atoms with van der Waals surface area (Å²) in [5, 5.41) is 2.89. The van der Waals surface area contributed by atoms with Gasteiger partial charge >= 0.3 is 0 Å². The Bertz CT molecular complexity index is 1230. The molecule has 3 amide bonds. The van der Waals surface area contributed by atoms with Crippen LogP contribution in [0.3, 0.4) is 0 Å². The molecule has 0 bridgehead atoms. The zero-order valence-corrected chi connectivity index (χ0v) is 20.9. The highest BCUT2D eigenvalue weighted by Gasteiger charge is 2.40. The summed E-state index contributed by atoms with van der Waals surface area (Å²) in [4.78, 5) is 45.7. The quantitative estimate of drug-likeness (QED) is 0.686. The number of carbonyl (C=O) groups is 3. The van der Waals surface area contributed by atoms with Gasteiger partial charge in [-0.15, -0.1) is 0 Å². The van der Waals surface area contributed by atoms with E-state index < -0.39 is 0 Å². The third kappa shape index (κ3) is 4.58. The number of likely N-dealkylation sites (tertiary alicyclic amines) is 1. The summed E-state index contributed by atoms with van der Waals surface area (Å²) in [6.45, 7) is 3.12. The normalized spacial score (nSPS) is 20.7. The predicted octanol–water partition coefficient (Wildman–Crippen LogP) is 3.43. The van der Waals surface area contributed by atoms with Crippen molar-refractivity contribution in [3.05, 3.63) is 42.0 Å². The molecule has 0 aromatic heterocycles. The van der Waals surface area contributed by atoms with Crippen molar-refractivity contribution >= 4 is 34.8 Å². The number of hydrogen-bond acceptors (Lipinski definition) is 6. The molecule has 1 atom stereocenters. The van der Waals surface area contributed by atoms with Crippen molar-refractivity contribution in [2.24, 2.45) is 0 Å². The van der Waals surface area contributed by atoms with Crippen molar-refractivity contribution in [2.45, 2.75) is 44.6 Å². The molecule has 2 aromatic rings. The fourth-order valence-electron chi connectivity index (χ4n) is 5.80. The molecule has 194 valence electrons. The minimum absolute atomic E-state index is 0.0172. The molecule has 9 heteroatoms. The van der Waals surface area contributed by atoms with Gasteiger partial charge in [-0.25, -0.2) is 0 Å². The topological polar surface area (TPSA) is 91.4 Å². The van der Waals surface area contributed by atoms with Crippen LogP contribution in [-0.2, 0) is 9.59 Å². The standard InChI is InChI=1S/C28H32N4O5/c33-26(29-20-8-10-24-25(17-20)37-15-14-36-24)18-32-23-16-19(27(34)30-11-3-1-4-12-30)7-9-21(23)31-13-5-2-6-22(31)28(32)35/h7-10,16-17,22H,1-6,11-15,18H2,(H,29,33). The maximum absolute atomic E-state index is 13.7. The lowest BCUT2D eigenvalue weighted by Gasteiger charge is -2.45. The molecule has 1 N–H and O–H groups in total. The lowest BCUT2D eigenvalue weighted by Crippen LogP contribution is -2.56. The van der Waals surface area contributed by atoms with Gasteiger partial charge in [-0.05, 0) is 68.9 Å². The van der Waals surface area contributed by atoms with Crippen LogP contribution in [0.1, 0.15) is 48.9 Å². The van der Waals surface area contributed by atoms with E-state index in [0.717, 1.165) is 63.8 Å². The number of benzene rings is 2. The largest absolute Gasteiger partial charge is 0.486 e. The Kier molecular flexibility index (Phi) is 6.36. The summed E-state index contributed by atoms with van der Waals surface area (Å²) in [5.74, 6) is 0.811. The Morgan fingerprint density at radius 1 is 0.865 bits per heavy atom. The van der Waals surface area contributed by atoms with E-state index in [1.165, 1.54) is 0 Å². The molecule has 6 rings (SSSR count). The first-order chi connectivity index (χ1) is 18.1. The Labute approximate surface area is 216 Å². The van der Waals surface area contributed by atoms with Crippen molar-refractivity contribution in [2.75, 3.05) is 54.5 Å². The third-order valence-corrected chi connectivity index (χ3v) is 7.65. The summed E-state index contributed by atoms with van der Waals surface area (Å²) in [7, 11) is 0. The number of fused-ring (bicyclic) bond motifs is 4. The Morgan fingerprint density at radius 3 is 2.49 bits per heavy atom. The molecule has 37 heavy (non-hydrogen) atoms. The van der Waals surface area contributed by atoms with Gasteiger partial charge in [0.1, 0.15) is 25.8 Å². The van der Waals surface area contributed by atoms with Crippen molar-refractivity contribution in [1.29, 1.82) is 0 Å². The van der Waals surface area contributed by atoms with Gasteiger partial charge in [-0.3, -0.25) is 19.3 Å². The summed E-state index contributed by atoms with van der Waals surface area (Å²) >= 11 is 0. The van der Waals surface area contributed by atoms with Gasteiger partial charge < -0.3 is 24.6 Å². The van der Waals surface area contributed by atoms with Crippen LogP contribution < -0.4 is 24.6 Å². The number of nitrogens with zero attached hydrogens (tertiary/aromatic N) is 3. The molecular formula is C28H32N4O5. The van der Waals surface area contributed by atoms with E-state index in [4.69, 9.17) is 9.47 Å². The van der Waals surface area contributed by atoms with Crippen molar-refractivity contribution in [1.82, 2.24) is 4.90 Å². The fraction of sp³-hybridized carbons (Fsp3) is 0.464. The average Bonchev–Trinajstić information content (AvgIpc) is 2.95. The number of amides is 3. The van der Waals surface area contributed by atoms with Crippen LogP contribution in [0.4, 0.5) is 17.1 Å². The number of piperidine rings is 2. The smallest absolute Gasteiger partial charge is 0.253 e. The van der Waals surface area contributed by atoms with Gasteiger partial charge in [0.25, 0.3) is 5.91 Å². The number of anilines is 3. The van der Waals surface area contributed by atoms with E-state index in [0.29, 0.717) is 41.7 Å². The van der Waals surface area contributed by atoms with Crippen LogP contribution in [0.5, 0.6) is 11.5 Å². The van der Waals surface area contributed by atoms with E-state index in [-0.39, 0.29) is 30.3 Å². The number of hydrogen-bond donors (Lipinski definition) is 1. The van der Waals surface area contributed by atoms with Gasteiger partial charge in [0.05, 0.1) is 11.4 Å². The van der Waals surface area contributed by atoms with Crippen LogP contribution in [0.2, 0.25) is 0 Å². The highest BCUT2D eigenvalue weighted by atomic mass is 16.6. The molecule has 0 radical (unpaired) electrons. The summed E-state index contributed by atoms with van der Waals surface area (Å²) in [6, 6.07) is 10.6. The number of carbonyl (C=O) groups excluding carboxylic acids is 3. The molecule has 9 nitrogen and oxygen atoms in total. The van der Waals surface area contributed by atoms with E-state index in [1.807, 2.05) is 17.0 Å². The molecule has 1 unspecified atom stereocenters. The van der Waals surface area contributed by atoms with E-state index in [2.05, 4.69) is 10.2 Å². The second kappa shape index (κ2) is 9.95. The summed E-state index contributed by atoms with van der Waals surface area (Å²) in [6.07, 6.45) is 5.92. The first-order valence-corrected chi connectivity index (χ1v) is 13.3. The SMILES string of the molecule is O=C(CN1C(=O)C2CCCCN2c2ccc(C(=O)N3CCCCC3)cc21)Nc1ccc2c(c1)OCCO2. The molecule has 4 aliphatic rings. The monoisotopic (exact) mass is 504 g/mol. The Balaban J connectivity index is 1.27. The van der Waals surface area contributed by atoms with Crippen molar-refractivity contribution in [3.8, 4) is 11.5 Å². The molecule has 4 heterocycles. The highest BCUT2D eigenvalue weighted by molar-refractivity contribution is 6.11. The maximum atomic E-state index is 13.7. The lowest BCUT2D eigenvalue weighted by molar-refractivity contribution is -0.123. The molecule has 2 fully saturated rings. The second-order valence-corrected chi connectivity index (χ2v) is 10.1. The van der Waals surface area contributed by atoms with Gasteiger partial charge in [0, 0.05) is 37.0 Å². The zero-order valence-electron chi connectivity index (χ0n) is 20.9. The van der Waals surface area contributed by atoms with Gasteiger partial charge in [-0.2, -0.15) is 0 Å². The Hall–Kier alpha value is -3.75. The lowest BCUT2D eigenvalue weighted by atomic mass is 9.95. The number of ether oxygens (including phenoxy) is 2. The summed E-state index contributed by atoms with van der Waals surface area (Å²) < 4.78 is 11.2.